The zero-order valence-electron chi connectivity index (χ0n) is 13.7. The zero-order chi connectivity index (χ0) is 16.6. The summed E-state index contributed by atoms with van der Waals surface area (Å²) in [6, 6.07) is 8.08. The quantitative estimate of drug-likeness (QED) is 0.848. The van der Waals surface area contributed by atoms with Gasteiger partial charge in [-0.25, -0.2) is 4.98 Å². The summed E-state index contributed by atoms with van der Waals surface area (Å²) < 4.78 is 2.03. The maximum absolute atomic E-state index is 13.1. The smallest absolute Gasteiger partial charge is 0.230 e. The molecule has 2 aliphatic rings. The highest BCUT2D eigenvalue weighted by Gasteiger charge is 2.52. The van der Waals surface area contributed by atoms with Gasteiger partial charge in [0.25, 0.3) is 0 Å². The van der Waals surface area contributed by atoms with Gasteiger partial charge in [-0.2, -0.15) is 0 Å². The molecule has 2 fully saturated rings. The molecule has 126 valence electrons. The van der Waals surface area contributed by atoms with Crippen molar-refractivity contribution in [1.29, 1.82) is 0 Å². The molecule has 4 nitrogen and oxygen atoms in total. The van der Waals surface area contributed by atoms with Crippen LogP contribution >= 0.6 is 11.6 Å². The SMILES string of the molecule is O=C(N1CCCC(c2ccc(Cl)cc2)C1)C1(Cn2ccnc2)CC1. The van der Waals surface area contributed by atoms with E-state index in [2.05, 4.69) is 22.0 Å². The van der Waals surface area contributed by atoms with E-state index in [-0.39, 0.29) is 5.41 Å². The van der Waals surface area contributed by atoms with E-state index in [1.54, 1.807) is 12.5 Å². The molecule has 0 spiro atoms. The number of carbonyl (C=O) groups is 1. The van der Waals surface area contributed by atoms with Gasteiger partial charge in [0, 0.05) is 43.0 Å². The number of hydrogen-bond acceptors (Lipinski definition) is 2. The van der Waals surface area contributed by atoms with Crippen molar-refractivity contribution in [3.63, 3.8) is 0 Å². The third-order valence-corrected chi connectivity index (χ3v) is 5.65. The van der Waals surface area contributed by atoms with Crippen LogP contribution in [0.4, 0.5) is 0 Å². The molecule has 5 heteroatoms. The molecule has 0 bridgehead atoms. The second-order valence-electron chi connectivity index (χ2n) is 7.16. The monoisotopic (exact) mass is 343 g/mol. The number of carbonyl (C=O) groups excluding carboxylic acids is 1. The molecular formula is C19H22ClN3O. The van der Waals surface area contributed by atoms with Crippen LogP contribution in [-0.4, -0.2) is 33.4 Å². The lowest BCUT2D eigenvalue weighted by Gasteiger charge is -2.35. The van der Waals surface area contributed by atoms with Crippen LogP contribution in [0.5, 0.6) is 0 Å². The highest BCUT2D eigenvalue weighted by Crippen LogP contribution is 2.49. The van der Waals surface area contributed by atoms with Crippen molar-refractivity contribution in [2.24, 2.45) is 5.41 Å². The number of aromatic nitrogens is 2. The Balaban J connectivity index is 1.45. The maximum atomic E-state index is 13.1. The average Bonchev–Trinajstić information content (AvgIpc) is 3.21. The number of imidazole rings is 1. The van der Waals surface area contributed by atoms with E-state index in [1.165, 1.54) is 5.56 Å². The van der Waals surface area contributed by atoms with Crippen molar-refractivity contribution < 1.29 is 4.79 Å². The molecule has 24 heavy (non-hydrogen) atoms. The minimum atomic E-state index is -0.192. The van der Waals surface area contributed by atoms with Gasteiger partial charge >= 0.3 is 0 Å². The van der Waals surface area contributed by atoms with Gasteiger partial charge in [0.05, 0.1) is 11.7 Å². The first kappa shape index (κ1) is 15.7. The Kier molecular flexibility index (Phi) is 4.09. The molecule has 1 aliphatic heterocycles. The van der Waals surface area contributed by atoms with Gasteiger partial charge < -0.3 is 9.47 Å². The molecule has 1 aromatic heterocycles. The van der Waals surface area contributed by atoms with Crippen LogP contribution in [0.2, 0.25) is 5.02 Å². The normalized spacial score (nSPS) is 22.4. The summed E-state index contributed by atoms with van der Waals surface area (Å²) in [5, 5.41) is 0.764. The van der Waals surface area contributed by atoms with Gasteiger partial charge in [-0.1, -0.05) is 23.7 Å². The lowest BCUT2D eigenvalue weighted by atomic mass is 9.89. The third kappa shape index (κ3) is 3.07. The fourth-order valence-corrected chi connectivity index (χ4v) is 3.95. The molecule has 0 radical (unpaired) electrons. The molecule has 2 aromatic rings. The summed E-state index contributed by atoms with van der Waals surface area (Å²) in [7, 11) is 0. The molecule has 1 saturated carbocycles. The largest absolute Gasteiger partial charge is 0.342 e. The van der Waals surface area contributed by atoms with E-state index >= 15 is 0 Å². The van der Waals surface area contributed by atoms with Crippen LogP contribution in [0.1, 0.15) is 37.2 Å². The first-order valence-corrected chi connectivity index (χ1v) is 9.05. The number of piperidine rings is 1. The minimum Gasteiger partial charge on any atom is -0.342 e. The van der Waals surface area contributed by atoms with Crippen LogP contribution in [0, 0.1) is 5.41 Å². The number of halogens is 1. The Morgan fingerprint density at radius 1 is 1.29 bits per heavy atom. The molecule has 1 saturated heterocycles. The zero-order valence-corrected chi connectivity index (χ0v) is 14.5. The lowest BCUT2D eigenvalue weighted by Crippen LogP contribution is -2.44. The number of amides is 1. The van der Waals surface area contributed by atoms with Crippen LogP contribution < -0.4 is 0 Å². The fourth-order valence-electron chi connectivity index (χ4n) is 3.82. The van der Waals surface area contributed by atoms with Gasteiger partial charge in [-0.05, 0) is 43.4 Å². The van der Waals surface area contributed by atoms with E-state index in [1.807, 2.05) is 22.9 Å². The Morgan fingerprint density at radius 3 is 2.75 bits per heavy atom. The van der Waals surface area contributed by atoms with Crippen molar-refractivity contribution >= 4 is 17.5 Å². The van der Waals surface area contributed by atoms with E-state index in [0.717, 1.165) is 50.3 Å². The molecule has 1 unspecified atom stereocenters. The van der Waals surface area contributed by atoms with Crippen molar-refractivity contribution in [2.45, 2.75) is 38.1 Å². The second-order valence-corrected chi connectivity index (χ2v) is 7.59. The predicted molar refractivity (Wildman–Crippen MR) is 93.9 cm³/mol. The van der Waals surface area contributed by atoms with Gasteiger partial charge in [0.15, 0.2) is 0 Å². The van der Waals surface area contributed by atoms with Crippen LogP contribution in [0.3, 0.4) is 0 Å². The standard InChI is InChI=1S/C19H22ClN3O/c20-17-5-3-15(4-6-17)16-2-1-10-23(12-16)18(24)19(7-8-19)13-22-11-9-21-14-22/h3-6,9,11,14,16H,1-2,7-8,10,12-13H2. The molecule has 0 N–H and O–H groups in total. The summed E-state index contributed by atoms with van der Waals surface area (Å²) >= 11 is 5.99. The number of likely N-dealkylation sites (tertiary alicyclic amines) is 1. The minimum absolute atomic E-state index is 0.192. The molecule has 1 atom stereocenters. The number of rotatable bonds is 4. The Bertz CT molecular complexity index is 707. The Labute approximate surface area is 147 Å². The number of benzene rings is 1. The van der Waals surface area contributed by atoms with Gasteiger partial charge in [0.1, 0.15) is 0 Å². The van der Waals surface area contributed by atoms with Gasteiger partial charge in [-0.3, -0.25) is 4.79 Å². The highest BCUT2D eigenvalue weighted by molar-refractivity contribution is 6.30. The first-order valence-electron chi connectivity index (χ1n) is 8.67. The highest BCUT2D eigenvalue weighted by atomic mass is 35.5. The first-order chi connectivity index (χ1) is 11.7. The second kappa shape index (κ2) is 6.25. The summed E-state index contributed by atoms with van der Waals surface area (Å²) in [4.78, 5) is 19.3. The fraction of sp³-hybridized carbons (Fsp3) is 0.474. The van der Waals surface area contributed by atoms with Crippen molar-refractivity contribution in [3.05, 3.63) is 53.6 Å². The van der Waals surface area contributed by atoms with Crippen molar-refractivity contribution in [3.8, 4) is 0 Å². The molecule has 2 heterocycles. The Morgan fingerprint density at radius 2 is 2.08 bits per heavy atom. The summed E-state index contributed by atoms with van der Waals surface area (Å²) in [5.74, 6) is 0.749. The van der Waals surface area contributed by atoms with Crippen LogP contribution in [0.15, 0.2) is 43.0 Å². The van der Waals surface area contributed by atoms with Gasteiger partial charge in [-0.15, -0.1) is 0 Å². The van der Waals surface area contributed by atoms with Gasteiger partial charge in [0.2, 0.25) is 5.91 Å². The summed E-state index contributed by atoms with van der Waals surface area (Å²) in [5.41, 5.74) is 1.10. The molecular weight excluding hydrogens is 322 g/mol. The molecule has 1 aliphatic carbocycles. The summed E-state index contributed by atoms with van der Waals surface area (Å²) in [6.07, 6.45) is 9.72. The maximum Gasteiger partial charge on any atom is 0.230 e. The summed E-state index contributed by atoms with van der Waals surface area (Å²) in [6.45, 7) is 2.47. The average molecular weight is 344 g/mol. The lowest BCUT2D eigenvalue weighted by molar-refractivity contribution is -0.138. The van der Waals surface area contributed by atoms with E-state index < -0.39 is 0 Å². The van der Waals surface area contributed by atoms with E-state index in [0.29, 0.717) is 11.8 Å². The molecule has 1 aromatic carbocycles. The number of hydrogen-bond donors (Lipinski definition) is 0. The molecule has 1 amide bonds. The predicted octanol–water partition coefficient (Wildman–Crippen LogP) is 3.72. The Hall–Kier alpha value is -1.81. The third-order valence-electron chi connectivity index (χ3n) is 5.40. The van der Waals surface area contributed by atoms with E-state index in [4.69, 9.17) is 11.6 Å². The van der Waals surface area contributed by atoms with Crippen LogP contribution in [0.25, 0.3) is 0 Å². The van der Waals surface area contributed by atoms with Crippen molar-refractivity contribution in [1.82, 2.24) is 14.5 Å². The topological polar surface area (TPSA) is 38.1 Å². The van der Waals surface area contributed by atoms with E-state index in [9.17, 15) is 4.79 Å². The number of nitrogens with zero attached hydrogens (tertiary/aromatic N) is 3. The molecule has 4 rings (SSSR count). The van der Waals surface area contributed by atoms with Crippen LogP contribution in [-0.2, 0) is 11.3 Å². The van der Waals surface area contributed by atoms with Crippen molar-refractivity contribution in [2.75, 3.05) is 13.1 Å².